The number of anilines is 1. The van der Waals surface area contributed by atoms with E-state index in [1.807, 2.05) is 7.05 Å². The predicted octanol–water partition coefficient (Wildman–Crippen LogP) is 0.124. The monoisotopic (exact) mass is 181 g/mol. The Balaban J connectivity index is 2.03. The van der Waals surface area contributed by atoms with Gasteiger partial charge in [0, 0.05) is 13.1 Å². The van der Waals surface area contributed by atoms with E-state index in [-0.39, 0.29) is 0 Å². The minimum absolute atomic E-state index is 0.751. The van der Waals surface area contributed by atoms with Crippen molar-refractivity contribution in [2.45, 2.75) is 19.4 Å². The SMILES string of the molecule is CNCc1nc(N2CCCC2)n[nH]1. The highest BCUT2D eigenvalue weighted by Gasteiger charge is 2.15. The Morgan fingerprint density at radius 2 is 2.23 bits per heavy atom. The molecule has 1 saturated heterocycles. The van der Waals surface area contributed by atoms with Crippen molar-refractivity contribution in [2.75, 3.05) is 25.0 Å². The minimum Gasteiger partial charge on any atom is -0.340 e. The van der Waals surface area contributed by atoms with Crippen LogP contribution in [0.4, 0.5) is 5.95 Å². The zero-order valence-corrected chi connectivity index (χ0v) is 7.88. The van der Waals surface area contributed by atoms with Gasteiger partial charge in [0.15, 0.2) is 0 Å². The van der Waals surface area contributed by atoms with Crippen molar-refractivity contribution in [1.82, 2.24) is 20.5 Å². The number of nitrogens with zero attached hydrogens (tertiary/aromatic N) is 3. The summed E-state index contributed by atoms with van der Waals surface area (Å²) in [5.41, 5.74) is 0. The summed E-state index contributed by atoms with van der Waals surface area (Å²) in [4.78, 5) is 6.60. The van der Waals surface area contributed by atoms with Gasteiger partial charge in [-0.25, -0.2) is 0 Å². The molecule has 0 aromatic carbocycles. The van der Waals surface area contributed by atoms with Crippen LogP contribution in [0.15, 0.2) is 0 Å². The molecule has 2 N–H and O–H groups in total. The summed E-state index contributed by atoms with van der Waals surface area (Å²) in [6, 6.07) is 0. The van der Waals surface area contributed by atoms with E-state index >= 15 is 0 Å². The number of H-pyrrole nitrogens is 1. The average Bonchev–Trinajstić information content (AvgIpc) is 2.70. The first-order valence-corrected chi connectivity index (χ1v) is 4.71. The lowest BCUT2D eigenvalue weighted by molar-refractivity contribution is 0.763. The van der Waals surface area contributed by atoms with Crippen molar-refractivity contribution in [1.29, 1.82) is 0 Å². The molecule has 1 aromatic rings. The third kappa shape index (κ3) is 1.80. The molecule has 0 aliphatic carbocycles. The first-order chi connectivity index (χ1) is 6.40. The van der Waals surface area contributed by atoms with Gasteiger partial charge in [0.1, 0.15) is 5.82 Å². The molecule has 5 heteroatoms. The molecule has 72 valence electrons. The Hall–Kier alpha value is -1.10. The zero-order valence-electron chi connectivity index (χ0n) is 7.88. The maximum absolute atomic E-state index is 4.38. The number of nitrogens with one attached hydrogen (secondary N) is 2. The van der Waals surface area contributed by atoms with Gasteiger partial charge < -0.3 is 10.2 Å². The second-order valence-electron chi connectivity index (χ2n) is 3.31. The third-order valence-electron chi connectivity index (χ3n) is 2.25. The first-order valence-electron chi connectivity index (χ1n) is 4.71. The van der Waals surface area contributed by atoms with Crippen LogP contribution in [0.25, 0.3) is 0 Å². The van der Waals surface area contributed by atoms with E-state index in [4.69, 9.17) is 0 Å². The van der Waals surface area contributed by atoms with Gasteiger partial charge in [0.25, 0.3) is 0 Å². The summed E-state index contributed by atoms with van der Waals surface area (Å²) in [6.07, 6.45) is 2.52. The number of rotatable bonds is 3. The van der Waals surface area contributed by atoms with Gasteiger partial charge in [-0.1, -0.05) is 0 Å². The Kier molecular flexibility index (Phi) is 2.44. The Morgan fingerprint density at radius 1 is 1.46 bits per heavy atom. The van der Waals surface area contributed by atoms with E-state index in [1.165, 1.54) is 12.8 Å². The molecule has 0 atom stereocenters. The van der Waals surface area contributed by atoms with E-state index in [0.717, 1.165) is 31.4 Å². The molecule has 1 aromatic heterocycles. The predicted molar refractivity (Wildman–Crippen MR) is 50.6 cm³/mol. The van der Waals surface area contributed by atoms with Crippen LogP contribution in [0.3, 0.4) is 0 Å². The fourth-order valence-electron chi connectivity index (χ4n) is 1.59. The smallest absolute Gasteiger partial charge is 0.244 e. The quantitative estimate of drug-likeness (QED) is 0.695. The maximum Gasteiger partial charge on any atom is 0.244 e. The topological polar surface area (TPSA) is 56.8 Å². The number of hydrogen-bond donors (Lipinski definition) is 2. The van der Waals surface area contributed by atoms with Crippen molar-refractivity contribution in [3.8, 4) is 0 Å². The molecular weight excluding hydrogens is 166 g/mol. The van der Waals surface area contributed by atoms with E-state index in [9.17, 15) is 0 Å². The van der Waals surface area contributed by atoms with Gasteiger partial charge in [-0.15, -0.1) is 5.10 Å². The number of hydrogen-bond acceptors (Lipinski definition) is 4. The van der Waals surface area contributed by atoms with Gasteiger partial charge in [-0.3, -0.25) is 5.10 Å². The molecule has 0 amide bonds. The fraction of sp³-hybridized carbons (Fsp3) is 0.750. The number of aromatic amines is 1. The first kappa shape index (κ1) is 8.50. The van der Waals surface area contributed by atoms with Crippen LogP contribution in [0, 0.1) is 0 Å². The highest BCUT2D eigenvalue weighted by molar-refractivity contribution is 5.29. The van der Waals surface area contributed by atoms with Crippen LogP contribution in [0.1, 0.15) is 18.7 Å². The fourth-order valence-corrected chi connectivity index (χ4v) is 1.59. The van der Waals surface area contributed by atoms with Crippen LogP contribution < -0.4 is 10.2 Å². The molecule has 0 radical (unpaired) electrons. The normalized spacial score (nSPS) is 16.8. The molecule has 1 fully saturated rings. The van der Waals surface area contributed by atoms with Crippen LogP contribution in [-0.4, -0.2) is 35.3 Å². The Morgan fingerprint density at radius 3 is 2.92 bits per heavy atom. The molecule has 0 bridgehead atoms. The van der Waals surface area contributed by atoms with Crippen LogP contribution in [-0.2, 0) is 6.54 Å². The lowest BCUT2D eigenvalue weighted by Gasteiger charge is -2.10. The van der Waals surface area contributed by atoms with Crippen molar-refractivity contribution in [2.24, 2.45) is 0 Å². The van der Waals surface area contributed by atoms with Crippen LogP contribution in [0.2, 0.25) is 0 Å². The van der Waals surface area contributed by atoms with Gasteiger partial charge in [0.2, 0.25) is 5.95 Å². The van der Waals surface area contributed by atoms with E-state index in [0.29, 0.717) is 0 Å². The highest BCUT2D eigenvalue weighted by atomic mass is 15.4. The Bertz CT molecular complexity index is 263. The summed E-state index contributed by atoms with van der Waals surface area (Å²) in [5.74, 6) is 1.76. The molecule has 0 spiro atoms. The average molecular weight is 181 g/mol. The molecule has 2 rings (SSSR count). The molecular formula is C8H15N5. The lowest BCUT2D eigenvalue weighted by atomic mass is 10.4. The second kappa shape index (κ2) is 3.74. The van der Waals surface area contributed by atoms with Crippen LogP contribution >= 0.6 is 0 Å². The Labute approximate surface area is 77.5 Å². The summed E-state index contributed by atoms with van der Waals surface area (Å²) >= 11 is 0. The molecule has 1 aliphatic heterocycles. The van der Waals surface area contributed by atoms with Gasteiger partial charge >= 0.3 is 0 Å². The highest BCUT2D eigenvalue weighted by Crippen LogP contribution is 2.14. The number of aromatic nitrogens is 3. The summed E-state index contributed by atoms with van der Waals surface area (Å²) in [5, 5.41) is 10.1. The van der Waals surface area contributed by atoms with Crippen LogP contribution in [0.5, 0.6) is 0 Å². The molecule has 0 saturated carbocycles. The second-order valence-corrected chi connectivity index (χ2v) is 3.31. The summed E-state index contributed by atoms with van der Waals surface area (Å²) in [7, 11) is 1.90. The van der Waals surface area contributed by atoms with Gasteiger partial charge in [-0.2, -0.15) is 4.98 Å². The molecule has 2 heterocycles. The summed E-state index contributed by atoms with van der Waals surface area (Å²) < 4.78 is 0. The zero-order chi connectivity index (χ0) is 9.10. The largest absolute Gasteiger partial charge is 0.340 e. The lowest BCUT2D eigenvalue weighted by Crippen LogP contribution is -2.19. The molecule has 5 nitrogen and oxygen atoms in total. The van der Waals surface area contributed by atoms with Crippen molar-refractivity contribution < 1.29 is 0 Å². The van der Waals surface area contributed by atoms with E-state index in [1.54, 1.807) is 0 Å². The van der Waals surface area contributed by atoms with Gasteiger partial charge in [0.05, 0.1) is 6.54 Å². The minimum atomic E-state index is 0.751. The van der Waals surface area contributed by atoms with E-state index < -0.39 is 0 Å². The molecule has 0 unspecified atom stereocenters. The van der Waals surface area contributed by atoms with Crippen molar-refractivity contribution in [3.63, 3.8) is 0 Å². The third-order valence-corrected chi connectivity index (χ3v) is 2.25. The van der Waals surface area contributed by atoms with E-state index in [2.05, 4.69) is 25.4 Å². The van der Waals surface area contributed by atoms with Gasteiger partial charge in [-0.05, 0) is 19.9 Å². The molecule has 13 heavy (non-hydrogen) atoms. The molecule has 1 aliphatic rings. The maximum atomic E-state index is 4.38. The van der Waals surface area contributed by atoms with Crippen molar-refractivity contribution in [3.05, 3.63) is 5.82 Å². The standard InChI is InChI=1S/C8H15N5/c1-9-6-7-10-8(12-11-7)13-4-2-3-5-13/h9H,2-6H2,1H3,(H,10,11,12). The van der Waals surface area contributed by atoms with Crippen molar-refractivity contribution >= 4 is 5.95 Å². The summed E-state index contributed by atoms with van der Waals surface area (Å²) in [6.45, 7) is 2.94.